The highest BCUT2D eigenvalue weighted by molar-refractivity contribution is 9.09. The molecule has 0 spiro atoms. The lowest BCUT2D eigenvalue weighted by Crippen LogP contribution is -2.34. The highest BCUT2D eigenvalue weighted by Crippen LogP contribution is 2.22. The number of rotatable bonds is 6. The van der Waals surface area contributed by atoms with E-state index in [1.807, 2.05) is 13.8 Å². The maximum atomic E-state index is 13.2. The fourth-order valence-electron chi connectivity index (χ4n) is 1.58. The minimum Gasteiger partial charge on any atom is -0.211 e. The largest absolute Gasteiger partial charge is 0.240 e. The number of sulfonamides is 1. The quantitative estimate of drug-likeness (QED) is 0.799. The summed E-state index contributed by atoms with van der Waals surface area (Å²) < 4.78 is 40.1. The van der Waals surface area contributed by atoms with Crippen LogP contribution in [0.15, 0.2) is 23.1 Å². The first-order valence-corrected chi connectivity index (χ1v) is 8.60. The van der Waals surface area contributed by atoms with E-state index in [2.05, 4.69) is 20.7 Å². The van der Waals surface area contributed by atoms with Crippen molar-refractivity contribution in [3.05, 3.63) is 29.6 Å². The molecule has 0 fully saturated rings. The average molecular weight is 352 g/mol. The maximum Gasteiger partial charge on any atom is 0.240 e. The van der Waals surface area contributed by atoms with Crippen molar-refractivity contribution < 1.29 is 12.8 Å². The Morgan fingerprint density at radius 3 is 2.58 bits per heavy atom. The Bertz CT molecular complexity index is 544. The molecule has 0 aliphatic carbocycles. The second kappa shape index (κ2) is 6.33. The van der Waals surface area contributed by atoms with E-state index >= 15 is 0 Å². The number of halogens is 2. The molecule has 0 aliphatic rings. The van der Waals surface area contributed by atoms with Crippen molar-refractivity contribution in [3.8, 4) is 0 Å². The van der Waals surface area contributed by atoms with Crippen LogP contribution in [0.4, 0.5) is 4.39 Å². The average Bonchev–Trinajstić information content (AvgIpc) is 2.30. The number of aryl methyl sites for hydroxylation is 1. The Morgan fingerprint density at radius 2 is 2.00 bits per heavy atom. The van der Waals surface area contributed by atoms with E-state index in [4.69, 9.17) is 0 Å². The third kappa shape index (κ3) is 4.85. The van der Waals surface area contributed by atoms with Gasteiger partial charge in [-0.15, -0.1) is 0 Å². The molecule has 1 aromatic carbocycles. The number of hydrogen-bond acceptors (Lipinski definition) is 2. The second-order valence-electron chi connectivity index (χ2n) is 5.34. The molecule has 3 nitrogen and oxygen atoms in total. The van der Waals surface area contributed by atoms with Gasteiger partial charge in [-0.2, -0.15) is 0 Å². The summed E-state index contributed by atoms with van der Waals surface area (Å²) in [4.78, 5) is 0.00198. The van der Waals surface area contributed by atoms with Crippen molar-refractivity contribution in [1.82, 2.24) is 4.72 Å². The molecule has 1 aromatic rings. The van der Waals surface area contributed by atoms with Crippen molar-refractivity contribution in [1.29, 1.82) is 0 Å². The van der Waals surface area contributed by atoms with Crippen LogP contribution in [0.5, 0.6) is 0 Å². The second-order valence-corrected chi connectivity index (χ2v) is 7.87. The monoisotopic (exact) mass is 351 g/mol. The van der Waals surface area contributed by atoms with E-state index in [1.165, 1.54) is 12.1 Å². The van der Waals surface area contributed by atoms with Crippen molar-refractivity contribution in [3.63, 3.8) is 0 Å². The molecule has 0 amide bonds. The van der Waals surface area contributed by atoms with Crippen molar-refractivity contribution >= 4 is 26.0 Å². The Hall–Kier alpha value is -0.460. The minimum absolute atomic E-state index is 0.00198. The van der Waals surface area contributed by atoms with Gasteiger partial charge in [0.05, 0.1) is 4.90 Å². The third-order valence-corrected chi connectivity index (χ3v) is 4.89. The summed E-state index contributed by atoms with van der Waals surface area (Å²) >= 11 is 3.34. The standard InChI is InChI=1S/C13H19BrFNO2S/c1-10-4-5-11(15)8-12(10)19(17,18)16-9-13(2,3)6-7-14/h4-5,8,16H,6-7,9H2,1-3H3. The van der Waals surface area contributed by atoms with Crippen LogP contribution in [0.25, 0.3) is 0 Å². The highest BCUT2D eigenvalue weighted by atomic mass is 79.9. The SMILES string of the molecule is Cc1ccc(F)cc1S(=O)(=O)NCC(C)(C)CCBr. The molecule has 1 N–H and O–H groups in total. The molecular formula is C13H19BrFNO2S. The maximum absolute atomic E-state index is 13.2. The lowest BCUT2D eigenvalue weighted by Gasteiger charge is -2.24. The van der Waals surface area contributed by atoms with E-state index in [0.29, 0.717) is 12.1 Å². The first-order valence-electron chi connectivity index (χ1n) is 6.00. The van der Waals surface area contributed by atoms with Crippen LogP contribution in [0.1, 0.15) is 25.8 Å². The molecule has 0 atom stereocenters. The molecule has 0 aliphatic heterocycles. The lowest BCUT2D eigenvalue weighted by molar-refractivity contribution is 0.354. The lowest BCUT2D eigenvalue weighted by atomic mass is 9.91. The smallest absolute Gasteiger partial charge is 0.211 e. The van der Waals surface area contributed by atoms with Crippen LogP contribution < -0.4 is 4.72 Å². The summed E-state index contributed by atoms with van der Waals surface area (Å²) in [6, 6.07) is 3.77. The van der Waals surface area contributed by atoms with E-state index in [1.54, 1.807) is 6.92 Å². The van der Waals surface area contributed by atoms with Gasteiger partial charge in [0.1, 0.15) is 5.82 Å². The Labute approximate surface area is 122 Å². The molecular weight excluding hydrogens is 333 g/mol. The van der Waals surface area contributed by atoms with Crippen molar-refractivity contribution in [2.75, 3.05) is 11.9 Å². The number of benzene rings is 1. The Kier molecular flexibility index (Phi) is 5.53. The van der Waals surface area contributed by atoms with Gasteiger partial charge >= 0.3 is 0 Å². The van der Waals surface area contributed by atoms with Crippen LogP contribution in [-0.4, -0.2) is 20.3 Å². The fourth-order valence-corrected chi connectivity index (χ4v) is 4.15. The molecule has 108 valence electrons. The van der Waals surface area contributed by atoms with Crippen molar-refractivity contribution in [2.45, 2.75) is 32.1 Å². The minimum atomic E-state index is -3.67. The first kappa shape index (κ1) is 16.6. The predicted octanol–water partition coefficient (Wildman–Crippen LogP) is 3.22. The topological polar surface area (TPSA) is 46.2 Å². The molecule has 19 heavy (non-hydrogen) atoms. The summed E-state index contributed by atoms with van der Waals surface area (Å²) in [6.07, 6.45) is 0.845. The number of hydrogen-bond donors (Lipinski definition) is 1. The van der Waals surface area contributed by atoms with Crippen LogP contribution in [-0.2, 0) is 10.0 Å². The van der Waals surface area contributed by atoms with Gasteiger partial charge < -0.3 is 0 Å². The zero-order chi connectivity index (χ0) is 14.7. The molecule has 0 bridgehead atoms. The molecule has 0 radical (unpaired) electrons. The van der Waals surface area contributed by atoms with E-state index < -0.39 is 15.8 Å². The summed E-state index contributed by atoms with van der Waals surface area (Å²) in [5, 5.41) is 0.806. The van der Waals surface area contributed by atoms with Crippen LogP contribution >= 0.6 is 15.9 Å². The predicted molar refractivity (Wildman–Crippen MR) is 78.5 cm³/mol. The molecule has 0 saturated carbocycles. The van der Waals surface area contributed by atoms with E-state index in [9.17, 15) is 12.8 Å². The molecule has 0 saturated heterocycles. The van der Waals surface area contributed by atoms with Crippen LogP contribution in [0, 0.1) is 18.2 Å². The zero-order valence-electron chi connectivity index (χ0n) is 11.3. The van der Waals surface area contributed by atoms with Gasteiger partial charge in [-0.1, -0.05) is 35.8 Å². The molecule has 0 unspecified atom stereocenters. The van der Waals surface area contributed by atoms with E-state index in [-0.39, 0.29) is 10.3 Å². The van der Waals surface area contributed by atoms with Gasteiger partial charge in [0.15, 0.2) is 0 Å². The van der Waals surface area contributed by atoms with Gasteiger partial charge in [-0.25, -0.2) is 17.5 Å². The number of nitrogens with one attached hydrogen (secondary N) is 1. The summed E-state index contributed by atoms with van der Waals surface area (Å²) in [7, 11) is -3.67. The Morgan fingerprint density at radius 1 is 1.37 bits per heavy atom. The zero-order valence-corrected chi connectivity index (χ0v) is 13.7. The summed E-state index contributed by atoms with van der Waals surface area (Å²) in [5.74, 6) is -0.550. The van der Waals surface area contributed by atoms with Gasteiger partial charge in [0.25, 0.3) is 0 Å². The third-order valence-electron chi connectivity index (χ3n) is 2.95. The number of alkyl halides is 1. The Balaban J connectivity index is 2.90. The molecule has 1 rings (SSSR count). The molecule has 0 heterocycles. The van der Waals surface area contributed by atoms with Gasteiger partial charge in [0, 0.05) is 11.9 Å². The first-order chi connectivity index (χ1) is 8.68. The summed E-state index contributed by atoms with van der Waals surface area (Å²) in [6.45, 7) is 5.93. The van der Waals surface area contributed by atoms with Crippen LogP contribution in [0.3, 0.4) is 0 Å². The van der Waals surface area contributed by atoms with Gasteiger partial charge in [-0.05, 0) is 36.5 Å². The van der Waals surface area contributed by atoms with Gasteiger partial charge in [0.2, 0.25) is 10.0 Å². The van der Waals surface area contributed by atoms with Crippen LogP contribution in [0.2, 0.25) is 0 Å². The van der Waals surface area contributed by atoms with Gasteiger partial charge in [-0.3, -0.25) is 0 Å². The highest BCUT2D eigenvalue weighted by Gasteiger charge is 2.23. The fraction of sp³-hybridized carbons (Fsp3) is 0.538. The van der Waals surface area contributed by atoms with E-state index in [0.717, 1.165) is 17.8 Å². The van der Waals surface area contributed by atoms with Crippen molar-refractivity contribution in [2.24, 2.45) is 5.41 Å². The molecule has 6 heteroatoms. The summed E-state index contributed by atoms with van der Waals surface area (Å²) in [5.41, 5.74) is 0.379. The normalized spacial score (nSPS) is 12.7. The molecule has 0 aromatic heterocycles.